The van der Waals surface area contributed by atoms with Crippen molar-refractivity contribution in [2.24, 2.45) is 0 Å². The maximum atomic E-state index is 13.2. The van der Waals surface area contributed by atoms with E-state index >= 15 is 0 Å². The van der Waals surface area contributed by atoms with Gasteiger partial charge in [-0.25, -0.2) is 14.4 Å². The average Bonchev–Trinajstić information content (AvgIpc) is 3.45. The Balaban J connectivity index is 1.48. The average molecular weight is 408 g/mol. The largest absolute Gasteiger partial charge is 0.309 e. The summed E-state index contributed by atoms with van der Waals surface area (Å²) < 4.78 is 14.7. The summed E-state index contributed by atoms with van der Waals surface area (Å²) in [5, 5.41) is 7.40. The van der Waals surface area contributed by atoms with Crippen molar-refractivity contribution in [3.63, 3.8) is 0 Å². The second-order valence-electron chi connectivity index (χ2n) is 7.84. The van der Waals surface area contributed by atoms with Crippen molar-refractivity contribution in [1.29, 1.82) is 0 Å². The fourth-order valence-electron chi connectivity index (χ4n) is 3.49. The van der Waals surface area contributed by atoms with Crippen LogP contribution >= 0.6 is 0 Å². The van der Waals surface area contributed by atoms with Crippen LogP contribution in [0.4, 0.5) is 10.2 Å². The zero-order valence-corrected chi connectivity index (χ0v) is 17.4. The zero-order chi connectivity index (χ0) is 21.3. The number of aryl methyl sites for hydroxylation is 3. The molecule has 0 unspecified atom stereocenters. The summed E-state index contributed by atoms with van der Waals surface area (Å²) in [6, 6.07) is 10.5. The lowest BCUT2D eigenvalue weighted by Gasteiger charge is -2.21. The van der Waals surface area contributed by atoms with E-state index in [-0.39, 0.29) is 18.3 Å². The molecule has 0 radical (unpaired) electrons. The summed E-state index contributed by atoms with van der Waals surface area (Å²) >= 11 is 0. The van der Waals surface area contributed by atoms with Gasteiger partial charge in [0.05, 0.1) is 12.2 Å². The summed E-state index contributed by atoms with van der Waals surface area (Å²) in [6.45, 7) is 6.52. The van der Waals surface area contributed by atoms with Crippen LogP contribution in [0.25, 0.3) is 5.95 Å². The molecule has 1 aliphatic carbocycles. The highest BCUT2D eigenvalue weighted by Gasteiger charge is 2.30. The number of nitrogens with one attached hydrogen (secondary N) is 1. The molecule has 4 rings (SSSR count). The molecule has 1 fully saturated rings. The maximum absolute atomic E-state index is 13.2. The summed E-state index contributed by atoms with van der Waals surface area (Å²) in [4.78, 5) is 23.8. The van der Waals surface area contributed by atoms with Crippen molar-refractivity contribution < 1.29 is 9.18 Å². The van der Waals surface area contributed by atoms with E-state index in [9.17, 15) is 9.18 Å². The zero-order valence-electron chi connectivity index (χ0n) is 17.4. The molecule has 0 bridgehead atoms. The molecule has 8 heteroatoms. The van der Waals surface area contributed by atoms with Gasteiger partial charge >= 0.3 is 0 Å². The minimum Gasteiger partial charge on any atom is -0.309 e. The number of rotatable bonds is 7. The Labute approximate surface area is 175 Å². The van der Waals surface area contributed by atoms with E-state index in [0.717, 1.165) is 35.5 Å². The first-order valence-electron chi connectivity index (χ1n) is 10.0. The molecule has 3 aromatic rings. The monoisotopic (exact) mass is 408 g/mol. The maximum Gasteiger partial charge on any atom is 0.252 e. The van der Waals surface area contributed by atoms with Crippen molar-refractivity contribution in [2.45, 2.75) is 46.2 Å². The molecular formula is C22H25FN6O. The molecule has 0 atom stereocenters. The van der Waals surface area contributed by atoms with Crippen LogP contribution in [0.2, 0.25) is 0 Å². The van der Waals surface area contributed by atoms with Gasteiger partial charge in [0.15, 0.2) is 0 Å². The number of benzene rings is 1. The molecule has 1 aromatic carbocycles. The summed E-state index contributed by atoms with van der Waals surface area (Å²) in [5.74, 6) is 0.586. The predicted octanol–water partition coefficient (Wildman–Crippen LogP) is 3.33. The van der Waals surface area contributed by atoms with Crippen molar-refractivity contribution >= 4 is 11.7 Å². The Kier molecular flexibility index (Phi) is 5.59. The molecule has 0 aliphatic heterocycles. The number of carbonyl (C=O) groups excluding carboxylic acids is 1. The number of halogens is 1. The molecule has 1 aliphatic rings. The number of anilines is 1. The van der Waals surface area contributed by atoms with Crippen LogP contribution in [0, 0.1) is 26.6 Å². The van der Waals surface area contributed by atoms with Crippen LogP contribution in [-0.4, -0.2) is 43.1 Å². The topological polar surface area (TPSA) is 75.9 Å². The van der Waals surface area contributed by atoms with Gasteiger partial charge < -0.3 is 5.32 Å². The van der Waals surface area contributed by atoms with Crippen molar-refractivity contribution in [3.05, 3.63) is 64.9 Å². The molecule has 1 amide bonds. The third-order valence-electron chi connectivity index (χ3n) is 4.97. The number of nitrogens with zero attached hydrogens (tertiary/aromatic N) is 5. The Hall–Kier alpha value is -3.13. The fourth-order valence-corrected chi connectivity index (χ4v) is 3.49. The van der Waals surface area contributed by atoms with Gasteiger partial charge in [-0.1, -0.05) is 12.1 Å². The van der Waals surface area contributed by atoms with Crippen LogP contribution in [-0.2, 0) is 11.3 Å². The van der Waals surface area contributed by atoms with Crippen LogP contribution in [0.1, 0.15) is 35.5 Å². The van der Waals surface area contributed by atoms with Crippen molar-refractivity contribution in [1.82, 2.24) is 24.6 Å². The lowest BCUT2D eigenvalue weighted by molar-refractivity contribution is -0.117. The fraction of sp³-hybridized carbons (Fsp3) is 0.364. The Morgan fingerprint density at radius 3 is 2.40 bits per heavy atom. The molecular weight excluding hydrogens is 383 g/mol. The van der Waals surface area contributed by atoms with Crippen LogP contribution in [0.15, 0.2) is 36.4 Å². The van der Waals surface area contributed by atoms with E-state index in [1.165, 1.54) is 12.1 Å². The molecule has 0 spiro atoms. The summed E-state index contributed by atoms with van der Waals surface area (Å²) in [7, 11) is 0. The van der Waals surface area contributed by atoms with Gasteiger partial charge in [0.2, 0.25) is 5.91 Å². The molecule has 1 saturated carbocycles. The van der Waals surface area contributed by atoms with E-state index in [2.05, 4.69) is 25.3 Å². The molecule has 7 nitrogen and oxygen atoms in total. The van der Waals surface area contributed by atoms with Gasteiger partial charge in [-0.3, -0.25) is 9.69 Å². The standard InChI is InChI=1S/C22H25FN6O/c1-14-10-15(2)25-22(24-14)29-20(11-16(3)27-29)26-21(30)13-28(19-8-9-19)12-17-4-6-18(23)7-5-17/h4-7,10-11,19H,8-9,12-13H2,1-3H3,(H,26,30). The number of hydrogen-bond acceptors (Lipinski definition) is 5. The first-order valence-corrected chi connectivity index (χ1v) is 10.0. The van der Waals surface area contributed by atoms with E-state index < -0.39 is 0 Å². The lowest BCUT2D eigenvalue weighted by Crippen LogP contribution is -2.35. The second kappa shape index (κ2) is 8.31. The first kappa shape index (κ1) is 20.2. The minimum absolute atomic E-state index is 0.130. The highest BCUT2D eigenvalue weighted by Crippen LogP contribution is 2.28. The second-order valence-corrected chi connectivity index (χ2v) is 7.84. The first-order chi connectivity index (χ1) is 14.4. The van der Waals surface area contributed by atoms with E-state index in [1.807, 2.05) is 26.8 Å². The van der Waals surface area contributed by atoms with Crippen LogP contribution in [0.5, 0.6) is 0 Å². The molecule has 2 heterocycles. The van der Waals surface area contributed by atoms with Gasteiger partial charge in [0.1, 0.15) is 11.6 Å². The van der Waals surface area contributed by atoms with Crippen molar-refractivity contribution in [2.75, 3.05) is 11.9 Å². The number of hydrogen-bond donors (Lipinski definition) is 1. The Bertz CT molecular complexity index is 1040. The van der Waals surface area contributed by atoms with E-state index in [0.29, 0.717) is 24.4 Å². The van der Waals surface area contributed by atoms with Gasteiger partial charge in [0, 0.05) is 30.0 Å². The summed E-state index contributed by atoms with van der Waals surface area (Å²) in [6.07, 6.45) is 2.14. The number of aromatic nitrogens is 4. The minimum atomic E-state index is -0.258. The van der Waals surface area contributed by atoms with Gasteiger partial charge in [0.25, 0.3) is 5.95 Å². The quantitative estimate of drug-likeness (QED) is 0.649. The molecule has 1 N–H and O–H groups in total. The predicted molar refractivity (Wildman–Crippen MR) is 112 cm³/mol. The molecule has 30 heavy (non-hydrogen) atoms. The smallest absolute Gasteiger partial charge is 0.252 e. The lowest BCUT2D eigenvalue weighted by atomic mass is 10.2. The SMILES string of the molecule is Cc1cc(C)nc(-n2nc(C)cc2NC(=O)CN(Cc2ccc(F)cc2)C2CC2)n1. The van der Waals surface area contributed by atoms with E-state index in [4.69, 9.17) is 0 Å². The number of amides is 1. The molecule has 0 saturated heterocycles. The summed E-state index contributed by atoms with van der Waals surface area (Å²) in [5.41, 5.74) is 3.42. The van der Waals surface area contributed by atoms with Gasteiger partial charge in [-0.2, -0.15) is 9.78 Å². The van der Waals surface area contributed by atoms with Crippen LogP contribution in [0.3, 0.4) is 0 Å². The Morgan fingerprint density at radius 1 is 1.10 bits per heavy atom. The van der Waals surface area contributed by atoms with E-state index in [1.54, 1.807) is 22.9 Å². The molecule has 156 valence electrons. The number of carbonyl (C=O) groups is 1. The van der Waals surface area contributed by atoms with Gasteiger partial charge in [-0.15, -0.1) is 0 Å². The highest BCUT2D eigenvalue weighted by molar-refractivity contribution is 5.91. The normalized spacial score (nSPS) is 13.6. The third-order valence-corrected chi connectivity index (χ3v) is 4.97. The Morgan fingerprint density at radius 2 is 1.77 bits per heavy atom. The third kappa shape index (κ3) is 4.88. The highest BCUT2D eigenvalue weighted by atomic mass is 19.1. The van der Waals surface area contributed by atoms with Crippen molar-refractivity contribution in [3.8, 4) is 5.95 Å². The molecule has 2 aromatic heterocycles. The van der Waals surface area contributed by atoms with Gasteiger partial charge in [-0.05, 0) is 57.4 Å². The van der Waals surface area contributed by atoms with Crippen LogP contribution < -0.4 is 5.32 Å².